The molecule has 1 aliphatic heterocycles. The Balaban J connectivity index is 1.67. The van der Waals surface area contributed by atoms with Crippen molar-refractivity contribution in [3.05, 3.63) is 48.5 Å². The summed E-state index contributed by atoms with van der Waals surface area (Å²) >= 11 is 0.779. The van der Waals surface area contributed by atoms with E-state index in [2.05, 4.69) is 5.32 Å². The van der Waals surface area contributed by atoms with E-state index in [-0.39, 0.29) is 23.6 Å². The molecule has 0 aromatic heterocycles. The van der Waals surface area contributed by atoms with Gasteiger partial charge in [-0.25, -0.2) is 4.90 Å². The van der Waals surface area contributed by atoms with Crippen molar-refractivity contribution in [3.8, 4) is 11.5 Å². The fourth-order valence-electron chi connectivity index (χ4n) is 2.38. The van der Waals surface area contributed by atoms with E-state index in [1.54, 1.807) is 0 Å². The van der Waals surface area contributed by atoms with Crippen molar-refractivity contribution < 1.29 is 24.6 Å². The minimum Gasteiger partial charge on any atom is -0.508 e. The Morgan fingerprint density at radius 2 is 1.80 bits per heavy atom. The summed E-state index contributed by atoms with van der Waals surface area (Å²) in [5.74, 6) is -0.896. The molecule has 3 amide bonds. The quantitative estimate of drug-likeness (QED) is 0.726. The minimum atomic E-state index is -0.827. The number of phenols is 2. The van der Waals surface area contributed by atoms with Crippen LogP contribution in [0.1, 0.15) is 6.42 Å². The second-order valence-electron chi connectivity index (χ2n) is 5.37. The summed E-state index contributed by atoms with van der Waals surface area (Å²) in [6.45, 7) is 0. The van der Waals surface area contributed by atoms with Crippen LogP contribution in [0, 0.1) is 0 Å². The van der Waals surface area contributed by atoms with Crippen molar-refractivity contribution in [1.29, 1.82) is 0 Å². The third kappa shape index (κ3) is 3.74. The molecule has 0 aliphatic carbocycles. The summed E-state index contributed by atoms with van der Waals surface area (Å²) in [6, 6.07) is 11.7. The van der Waals surface area contributed by atoms with E-state index < -0.39 is 22.3 Å². The van der Waals surface area contributed by atoms with Gasteiger partial charge in [0.15, 0.2) is 0 Å². The molecule has 1 saturated heterocycles. The molecule has 2 aromatic rings. The fourth-order valence-corrected chi connectivity index (χ4v) is 3.36. The molecule has 7 nitrogen and oxygen atoms in total. The standard InChI is InChI=1S/C17H14N2O5S/c20-12-6-4-10(5-7-12)18-15(22)9-14-16(23)19(17(24)25-14)11-2-1-3-13(21)8-11/h1-8,14,20-21H,9H2,(H,18,22). The van der Waals surface area contributed by atoms with Crippen molar-refractivity contribution in [2.45, 2.75) is 11.7 Å². The molecule has 0 spiro atoms. The van der Waals surface area contributed by atoms with E-state index in [0.717, 1.165) is 16.7 Å². The lowest BCUT2D eigenvalue weighted by molar-refractivity contribution is -0.121. The fraction of sp³-hybridized carbons (Fsp3) is 0.118. The number of nitrogens with zero attached hydrogens (tertiary/aromatic N) is 1. The van der Waals surface area contributed by atoms with Gasteiger partial charge in [0.1, 0.15) is 16.7 Å². The van der Waals surface area contributed by atoms with Gasteiger partial charge < -0.3 is 15.5 Å². The van der Waals surface area contributed by atoms with E-state index in [9.17, 15) is 24.6 Å². The number of hydrogen-bond donors (Lipinski definition) is 3. The minimum absolute atomic E-state index is 0.0587. The number of phenolic OH excluding ortho intramolecular Hbond substituents is 2. The van der Waals surface area contributed by atoms with Gasteiger partial charge in [0.05, 0.1) is 5.69 Å². The molecule has 1 unspecified atom stereocenters. The zero-order valence-corrected chi connectivity index (χ0v) is 13.7. The SMILES string of the molecule is O=C(CC1SC(=O)N(c2cccc(O)c2)C1=O)Nc1ccc(O)cc1. The van der Waals surface area contributed by atoms with E-state index in [4.69, 9.17) is 0 Å². The Bertz CT molecular complexity index is 837. The average Bonchev–Trinajstić information content (AvgIpc) is 2.83. The number of carbonyl (C=O) groups excluding carboxylic acids is 3. The molecule has 0 bridgehead atoms. The van der Waals surface area contributed by atoms with Crippen LogP contribution in [-0.2, 0) is 9.59 Å². The summed E-state index contributed by atoms with van der Waals surface area (Å²) in [4.78, 5) is 37.6. The van der Waals surface area contributed by atoms with Crippen LogP contribution < -0.4 is 10.2 Å². The third-order valence-corrected chi connectivity index (χ3v) is 4.57. The Kier molecular flexibility index (Phi) is 4.62. The van der Waals surface area contributed by atoms with Crippen LogP contribution in [0.25, 0.3) is 0 Å². The highest BCUT2D eigenvalue weighted by atomic mass is 32.2. The molecule has 1 aliphatic rings. The lowest BCUT2D eigenvalue weighted by atomic mass is 10.2. The number of carbonyl (C=O) groups is 3. The molecule has 1 fully saturated rings. The molecule has 0 saturated carbocycles. The van der Waals surface area contributed by atoms with Crippen molar-refractivity contribution in [1.82, 2.24) is 0 Å². The second kappa shape index (κ2) is 6.86. The van der Waals surface area contributed by atoms with Crippen molar-refractivity contribution >= 4 is 40.2 Å². The van der Waals surface area contributed by atoms with Gasteiger partial charge >= 0.3 is 0 Å². The first-order valence-corrected chi connectivity index (χ1v) is 8.24. The van der Waals surface area contributed by atoms with Gasteiger partial charge in [0.2, 0.25) is 11.8 Å². The maximum atomic E-state index is 12.4. The predicted molar refractivity (Wildman–Crippen MR) is 93.7 cm³/mol. The number of hydrogen-bond acceptors (Lipinski definition) is 6. The molecular weight excluding hydrogens is 344 g/mol. The first-order chi connectivity index (χ1) is 11.9. The first kappa shape index (κ1) is 16.8. The summed E-state index contributed by atoms with van der Waals surface area (Å²) in [5.41, 5.74) is 0.748. The monoisotopic (exact) mass is 358 g/mol. The van der Waals surface area contributed by atoms with Gasteiger partial charge in [0.25, 0.3) is 5.24 Å². The van der Waals surface area contributed by atoms with Gasteiger partial charge in [-0.1, -0.05) is 6.07 Å². The van der Waals surface area contributed by atoms with Gasteiger partial charge in [-0.2, -0.15) is 0 Å². The molecule has 25 heavy (non-hydrogen) atoms. The largest absolute Gasteiger partial charge is 0.508 e. The van der Waals surface area contributed by atoms with Crippen molar-refractivity contribution in [2.75, 3.05) is 10.2 Å². The highest BCUT2D eigenvalue weighted by Crippen LogP contribution is 2.34. The molecule has 1 heterocycles. The maximum absolute atomic E-state index is 12.4. The van der Waals surface area contributed by atoms with Crippen LogP contribution in [0.5, 0.6) is 11.5 Å². The summed E-state index contributed by atoms with van der Waals surface area (Å²) in [6.07, 6.45) is -0.161. The average molecular weight is 358 g/mol. The number of nitrogens with one attached hydrogen (secondary N) is 1. The Labute approximate surface area is 147 Å². The number of rotatable bonds is 4. The van der Waals surface area contributed by atoms with Gasteiger partial charge in [-0.05, 0) is 48.2 Å². The number of benzene rings is 2. The number of aromatic hydroxyl groups is 2. The molecular formula is C17H14N2O5S. The van der Waals surface area contributed by atoms with Crippen LogP contribution in [0.15, 0.2) is 48.5 Å². The van der Waals surface area contributed by atoms with E-state index in [1.165, 1.54) is 48.5 Å². The van der Waals surface area contributed by atoms with Gasteiger partial charge in [-0.15, -0.1) is 0 Å². The molecule has 0 radical (unpaired) electrons. The predicted octanol–water partition coefficient (Wildman–Crippen LogP) is 2.70. The Morgan fingerprint density at radius 3 is 2.48 bits per heavy atom. The topological polar surface area (TPSA) is 107 Å². The van der Waals surface area contributed by atoms with Crippen LogP contribution in [0.3, 0.4) is 0 Å². The summed E-state index contributed by atoms with van der Waals surface area (Å²) < 4.78 is 0. The normalized spacial score (nSPS) is 17.0. The number of imide groups is 1. The number of anilines is 2. The first-order valence-electron chi connectivity index (χ1n) is 7.36. The summed E-state index contributed by atoms with van der Waals surface area (Å²) in [7, 11) is 0. The smallest absolute Gasteiger partial charge is 0.293 e. The lowest BCUT2D eigenvalue weighted by Gasteiger charge is -2.14. The Hall–Kier alpha value is -3.00. The maximum Gasteiger partial charge on any atom is 0.293 e. The van der Waals surface area contributed by atoms with Gasteiger partial charge in [0, 0.05) is 18.2 Å². The van der Waals surface area contributed by atoms with E-state index in [0.29, 0.717) is 5.69 Å². The zero-order valence-electron chi connectivity index (χ0n) is 12.9. The van der Waals surface area contributed by atoms with Crippen molar-refractivity contribution in [2.24, 2.45) is 0 Å². The van der Waals surface area contributed by atoms with Gasteiger partial charge in [-0.3, -0.25) is 14.4 Å². The van der Waals surface area contributed by atoms with E-state index in [1.807, 2.05) is 0 Å². The van der Waals surface area contributed by atoms with E-state index >= 15 is 0 Å². The van der Waals surface area contributed by atoms with Crippen LogP contribution >= 0.6 is 11.8 Å². The Morgan fingerprint density at radius 1 is 1.08 bits per heavy atom. The van der Waals surface area contributed by atoms with Crippen LogP contribution in [-0.4, -0.2) is 32.5 Å². The second-order valence-corrected chi connectivity index (χ2v) is 6.52. The highest BCUT2D eigenvalue weighted by Gasteiger charge is 2.41. The zero-order chi connectivity index (χ0) is 18.0. The van der Waals surface area contributed by atoms with Crippen LogP contribution in [0.4, 0.5) is 16.2 Å². The molecule has 2 aromatic carbocycles. The number of thioether (sulfide) groups is 1. The number of amides is 3. The highest BCUT2D eigenvalue weighted by molar-refractivity contribution is 8.15. The van der Waals surface area contributed by atoms with Crippen molar-refractivity contribution in [3.63, 3.8) is 0 Å². The molecule has 128 valence electrons. The molecule has 8 heteroatoms. The molecule has 3 N–H and O–H groups in total. The molecule has 3 rings (SSSR count). The molecule has 1 atom stereocenters. The third-order valence-electron chi connectivity index (χ3n) is 3.53. The van der Waals surface area contributed by atoms with Crippen LogP contribution in [0.2, 0.25) is 0 Å². The lowest BCUT2D eigenvalue weighted by Crippen LogP contribution is -2.32. The summed E-state index contributed by atoms with van der Waals surface area (Å²) in [5, 5.41) is 20.0.